The van der Waals surface area contributed by atoms with Gasteiger partial charge in [0.1, 0.15) is 5.82 Å². The SMILES string of the molecule is NCC#Cc1ccc(Nc2c(C(=O)NOCCO)ccc(F)c2F)c(F)c1. The van der Waals surface area contributed by atoms with Gasteiger partial charge in [0.15, 0.2) is 11.6 Å². The van der Waals surface area contributed by atoms with E-state index in [9.17, 15) is 18.0 Å². The molecule has 27 heavy (non-hydrogen) atoms. The normalized spacial score (nSPS) is 10.1. The predicted octanol–water partition coefficient (Wildman–Crippen LogP) is 1.81. The second-order valence-corrected chi connectivity index (χ2v) is 5.11. The molecule has 0 saturated heterocycles. The Bertz CT molecular complexity index is 895. The number of hydrogen-bond acceptors (Lipinski definition) is 5. The van der Waals surface area contributed by atoms with E-state index in [1.807, 2.05) is 5.48 Å². The van der Waals surface area contributed by atoms with Crippen molar-refractivity contribution < 1.29 is 27.9 Å². The molecule has 0 radical (unpaired) electrons. The second kappa shape index (κ2) is 9.59. The van der Waals surface area contributed by atoms with Crippen molar-refractivity contribution in [3.05, 3.63) is 58.9 Å². The van der Waals surface area contributed by atoms with Gasteiger partial charge in [0.2, 0.25) is 0 Å². The smallest absolute Gasteiger partial charge is 0.277 e. The quantitative estimate of drug-likeness (QED) is 0.349. The zero-order valence-electron chi connectivity index (χ0n) is 14.0. The fourth-order valence-corrected chi connectivity index (χ4v) is 2.06. The molecule has 0 unspecified atom stereocenters. The minimum Gasteiger partial charge on any atom is -0.394 e. The van der Waals surface area contributed by atoms with Crippen LogP contribution in [0.3, 0.4) is 0 Å². The summed E-state index contributed by atoms with van der Waals surface area (Å²) in [6, 6.07) is 5.58. The number of rotatable bonds is 6. The molecule has 9 heteroatoms. The molecule has 0 atom stereocenters. The van der Waals surface area contributed by atoms with Crippen molar-refractivity contribution in [3.63, 3.8) is 0 Å². The van der Waals surface area contributed by atoms with Crippen LogP contribution in [-0.2, 0) is 4.84 Å². The zero-order chi connectivity index (χ0) is 19.8. The highest BCUT2D eigenvalue weighted by Gasteiger charge is 2.20. The van der Waals surface area contributed by atoms with E-state index in [4.69, 9.17) is 10.8 Å². The highest BCUT2D eigenvalue weighted by Crippen LogP contribution is 2.28. The molecule has 0 spiro atoms. The van der Waals surface area contributed by atoms with Gasteiger partial charge in [0, 0.05) is 5.56 Å². The van der Waals surface area contributed by atoms with Crippen molar-refractivity contribution in [2.45, 2.75) is 0 Å². The van der Waals surface area contributed by atoms with Gasteiger partial charge in [-0.2, -0.15) is 0 Å². The molecule has 2 aromatic rings. The number of anilines is 2. The predicted molar refractivity (Wildman–Crippen MR) is 92.5 cm³/mol. The van der Waals surface area contributed by atoms with Crippen molar-refractivity contribution in [2.75, 3.05) is 25.1 Å². The number of hydroxylamine groups is 1. The minimum atomic E-state index is -1.36. The maximum atomic E-state index is 14.2. The summed E-state index contributed by atoms with van der Waals surface area (Å²) in [5, 5.41) is 11.0. The van der Waals surface area contributed by atoms with Crippen molar-refractivity contribution in [2.24, 2.45) is 5.73 Å². The van der Waals surface area contributed by atoms with Crippen molar-refractivity contribution in [1.29, 1.82) is 0 Å². The van der Waals surface area contributed by atoms with Crippen LogP contribution >= 0.6 is 0 Å². The van der Waals surface area contributed by atoms with Crippen LogP contribution in [0.5, 0.6) is 0 Å². The van der Waals surface area contributed by atoms with Gasteiger partial charge in [0.05, 0.1) is 36.7 Å². The fourth-order valence-electron chi connectivity index (χ4n) is 2.06. The molecule has 1 amide bonds. The van der Waals surface area contributed by atoms with E-state index in [1.54, 1.807) is 0 Å². The van der Waals surface area contributed by atoms with Gasteiger partial charge in [-0.1, -0.05) is 11.8 Å². The monoisotopic (exact) mass is 379 g/mol. The summed E-state index contributed by atoms with van der Waals surface area (Å²) >= 11 is 0. The molecule has 0 aliphatic rings. The molecule has 142 valence electrons. The maximum absolute atomic E-state index is 14.2. The third kappa shape index (κ3) is 5.21. The summed E-state index contributed by atoms with van der Waals surface area (Å²) in [7, 11) is 0. The summed E-state index contributed by atoms with van der Waals surface area (Å²) in [6.07, 6.45) is 0. The van der Waals surface area contributed by atoms with Crippen LogP contribution in [0, 0.1) is 29.3 Å². The van der Waals surface area contributed by atoms with Crippen molar-refractivity contribution in [1.82, 2.24) is 5.48 Å². The van der Waals surface area contributed by atoms with Gasteiger partial charge < -0.3 is 16.2 Å². The summed E-state index contributed by atoms with van der Waals surface area (Å²) in [5.41, 5.74) is 6.48. The average Bonchev–Trinajstić information content (AvgIpc) is 2.65. The molecule has 0 fully saturated rings. The molecule has 5 N–H and O–H groups in total. The van der Waals surface area contributed by atoms with Crippen LogP contribution in [-0.4, -0.2) is 30.8 Å². The van der Waals surface area contributed by atoms with Crippen LogP contribution in [0.4, 0.5) is 24.5 Å². The number of carbonyl (C=O) groups excluding carboxylic acids is 1. The van der Waals surface area contributed by atoms with Crippen molar-refractivity contribution in [3.8, 4) is 11.8 Å². The Labute approximate surface area is 153 Å². The Morgan fingerprint density at radius 2 is 1.96 bits per heavy atom. The first-order chi connectivity index (χ1) is 13.0. The van der Waals surface area contributed by atoms with E-state index in [2.05, 4.69) is 22.0 Å². The second-order valence-electron chi connectivity index (χ2n) is 5.11. The zero-order valence-corrected chi connectivity index (χ0v) is 14.0. The molecule has 2 aromatic carbocycles. The topological polar surface area (TPSA) is 96.6 Å². The number of halogens is 3. The Kier molecular flexibility index (Phi) is 7.19. The average molecular weight is 379 g/mol. The third-order valence-corrected chi connectivity index (χ3v) is 3.26. The fraction of sp³-hybridized carbons (Fsp3) is 0.167. The first-order valence-electron chi connectivity index (χ1n) is 7.74. The Balaban J connectivity index is 2.34. The van der Waals surface area contributed by atoms with E-state index in [-0.39, 0.29) is 31.0 Å². The summed E-state index contributed by atoms with van der Waals surface area (Å²) < 4.78 is 42.1. The molecule has 0 aromatic heterocycles. The van der Waals surface area contributed by atoms with Gasteiger partial charge in [-0.3, -0.25) is 9.63 Å². The van der Waals surface area contributed by atoms with Crippen LogP contribution < -0.4 is 16.5 Å². The van der Waals surface area contributed by atoms with E-state index in [1.165, 1.54) is 12.1 Å². The molecule has 0 bridgehead atoms. The lowest BCUT2D eigenvalue weighted by atomic mass is 10.1. The summed E-state index contributed by atoms with van der Waals surface area (Å²) in [6.45, 7) is -0.446. The minimum absolute atomic E-state index is 0.104. The van der Waals surface area contributed by atoms with Crippen molar-refractivity contribution >= 4 is 17.3 Å². The van der Waals surface area contributed by atoms with Crippen LogP contribution in [0.2, 0.25) is 0 Å². The molecule has 0 heterocycles. The number of amides is 1. The van der Waals surface area contributed by atoms with Gasteiger partial charge in [-0.15, -0.1) is 0 Å². The van der Waals surface area contributed by atoms with E-state index >= 15 is 0 Å². The lowest BCUT2D eigenvalue weighted by Gasteiger charge is -2.14. The molecule has 0 aliphatic heterocycles. The molecule has 2 rings (SSSR count). The molecule has 0 aliphatic carbocycles. The van der Waals surface area contributed by atoms with Gasteiger partial charge >= 0.3 is 0 Å². The van der Waals surface area contributed by atoms with E-state index in [0.29, 0.717) is 5.56 Å². The highest BCUT2D eigenvalue weighted by molar-refractivity contribution is 6.00. The molecule has 6 nitrogen and oxygen atoms in total. The van der Waals surface area contributed by atoms with Crippen LogP contribution in [0.1, 0.15) is 15.9 Å². The van der Waals surface area contributed by atoms with E-state index in [0.717, 1.165) is 18.2 Å². The number of benzene rings is 2. The van der Waals surface area contributed by atoms with Crippen LogP contribution in [0.15, 0.2) is 30.3 Å². The Morgan fingerprint density at radius 1 is 1.19 bits per heavy atom. The number of nitrogens with one attached hydrogen (secondary N) is 2. The Morgan fingerprint density at radius 3 is 2.63 bits per heavy atom. The molecular formula is C18H16F3N3O3. The van der Waals surface area contributed by atoms with Gasteiger partial charge in [0.25, 0.3) is 5.91 Å². The number of hydrogen-bond donors (Lipinski definition) is 4. The van der Waals surface area contributed by atoms with Gasteiger partial charge in [-0.05, 0) is 30.3 Å². The highest BCUT2D eigenvalue weighted by atomic mass is 19.2. The molecular weight excluding hydrogens is 363 g/mol. The third-order valence-electron chi connectivity index (χ3n) is 3.26. The number of nitrogens with two attached hydrogens (primary N) is 1. The largest absolute Gasteiger partial charge is 0.394 e. The summed E-state index contributed by atoms with van der Waals surface area (Å²) in [4.78, 5) is 16.7. The number of carbonyl (C=O) groups is 1. The maximum Gasteiger partial charge on any atom is 0.277 e. The van der Waals surface area contributed by atoms with Gasteiger partial charge in [-0.25, -0.2) is 18.7 Å². The standard InChI is InChI=1S/C18H16F3N3O3/c19-13-5-4-12(18(26)24-27-9-8-25)17(16(13)21)23-15-6-3-11(2-1-7-22)10-14(15)20/h3-6,10,23,25H,7-9,22H2,(H,24,26). The van der Waals surface area contributed by atoms with Crippen LogP contribution in [0.25, 0.3) is 0 Å². The lowest BCUT2D eigenvalue weighted by molar-refractivity contribution is 0.0168. The first kappa shape index (κ1) is 20.3. The Hall–Kier alpha value is -3.06. The summed E-state index contributed by atoms with van der Waals surface area (Å²) in [5.74, 6) is 0.916. The first-order valence-corrected chi connectivity index (χ1v) is 7.74. The van der Waals surface area contributed by atoms with E-state index < -0.39 is 29.0 Å². The number of aliphatic hydroxyl groups excluding tert-OH is 1. The lowest BCUT2D eigenvalue weighted by Crippen LogP contribution is -2.26. The molecule has 0 saturated carbocycles. The number of aliphatic hydroxyl groups is 1.